The topological polar surface area (TPSA) is 141 Å². The minimum absolute atomic E-state index is 0.429. The molecule has 3 rings (SSSR count). The van der Waals surface area contributed by atoms with Crippen LogP contribution in [-0.4, -0.2) is 82.5 Å². The van der Waals surface area contributed by atoms with Gasteiger partial charge < -0.3 is 40.4 Å². The summed E-state index contributed by atoms with van der Waals surface area (Å²) in [5.41, 5.74) is 7.07. The van der Waals surface area contributed by atoms with Crippen molar-refractivity contribution in [3.8, 4) is 5.75 Å². The number of rotatable bonds is 6. The van der Waals surface area contributed by atoms with Crippen molar-refractivity contribution in [2.75, 3.05) is 20.6 Å². The Bertz CT molecular complexity index is 807. The van der Waals surface area contributed by atoms with Gasteiger partial charge in [-0.3, -0.25) is 4.79 Å². The van der Waals surface area contributed by atoms with Crippen LogP contribution < -0.4 is 10.5 Å². The Hall–Kier alpha value is -2.17. The van der Waals surface area contributed by atoms with Crippen LogP contribution >= 0.6 is 0 Å². The van der Waals surface area contributed by atoms with Crippen molar-refractivity contribution < 1.29 is 29.6 Å². The molecule has 27 heavy (non-hydrogen) atoms. The molecular formula is C18H25N3O6. The number of likely N-dealkylation sites (N-methyl/N-ethyl adjacent to an activating group) is 1. The molecular weight excluding hydrogens is 354 g/mol. The number of nitrogens with one attached hydrogen (secondary N) is 1. The maximum absolute atomic E-state index is 11.5. The highest BCUT2D eigenvalue weighted by atomic mass is 16.7. The van der Waals surface area contributed by atoms with Gasteiger partial charge in [0.15, 0.2) is 6.10 Å². The van der Waals surface area contributed by atoms with Crippen LogP contribution in [0.15, 0.2) is 24.4 Å². The van der Waals surface area contributed by atoms with Gasteiger partial charge in [0.1, 0.15) is 24.1 Å². The van der Waals surface area contributed by atoms with E-state index in [0.29, 0.717) is 5.75 Å². The number of nitrogens with zero attached hydrogens (tertiary/aromatic N) is 1. The number of hydrogen-bond donors (Lipinski definition) is 5. The van der Waals surface area contributed by atoms with Crippen LogP contribution in [0.25, 0.3) is 10.9 Å². The summed E-state index contributed by atoms with van der Waals surface area (Å²) < 4.78 is 11.1. The van der Waals surface area contributed by atoms with Crippen molar-refractivity contribution in [3.05, 3.63) is 30.0 Å². The average Bonchev–Trinajstić information content (AvgIpc) is 3.04. The van der Waals surface area contributed by atoms with Crippen molar-refractivity contribution >= 4 is 16.8 Å². The van der Waals surface area contributed by atoms with E-state index in [0.717, 1.165) is 29.4 Å². The third-order valence-electron chi connectivity index (χ3n) is 4.67. The molecule has 9 heteroatoms. The number of nitrogens with two attached hydrogens (primary N) is 1. The van der Waals surface area contributed by atoms with Gasteiger partial charge in [-0.05, 0) is 38.2 Å². The summed E-state index contributed by atoms with van der Waals surface area (Å²) in [4.78, 5) is 16.7. The van der Waals surface area contributed by atoms with Crippen LogP contribution in [0.1, 0.15) is 5.56 Å². The van der Waals surface area contributed by atoms with Crippen LogP contribution in [-0.2, 0) is 16.0 Å². The van der Waals surface area contributed by atoms with Gasteiger partial charge in [0.05, 0.1) is 0 Å². The largest absolute Gasteiger partial charge is 0.461 e. The van der Waals surface area contributed by atoms with Crippen LogP contribution in [0.4, 0.5) is 0 Å². The van der Waals surface area contributed by atoms with Gasteiger partial charge in [0, 0.05) is 23.6 Å². The first-order valence-corrected chi connectivity index (χ1v) is 8.69. The zero-order valence-electron chi connectivity index (χ0n) is 15.2. The molecule has 0 saturated carbocycles. The fourth-order valence-corrected chi connectivity index (χ4v) is 3.16. The number of carbonyl (C=O) groups is 1. The Morgan fingerprint density at radius 3 is 2.67 bits per heavy atom. The highest BCUT2D eigenvalue weighted by Crippen LogP contribution is 2.32. The summed E-state index contributed by atoms with van der Waals surface area (Å²) in [5, 5.41) is 30.9. The van der Waals surface area contributed by atoms with Crippen LogP contribution in [0.2, 0.25) is 0 Å². The molecule has 0 unspecified atom stereocenters. The lowest BCUT2D eigenvalue weighted by atomic mass is 9.98. The summed E-state index contributed by atoms with van der Waals surface area (Å²) in [7, 11) is 3.96. The predicted molar refractivity (Wildman–Crippen MR) is 97.1 cm³/mol. The number of aromatic nitrogens is 1. The molecule has 9 nitrogen and oxygen atoms in total. The molecule has 1 amide bonds. The van der Waals surface area contributed by atoms with Crippen molar-refractivity contribution in [1.82, 2.24) is 9.88 Å². The number of ether oxygens (including phenoxy) is 2. The van der Waals surface area contributed by atoms with E-state index in [1.165, 1.54) is 0 Å². The smallest absolute Gasteiger partial charge is 0.249 e. The highest BCUT2D eigenvalue weighted by molar-refractivity contribution is 5.89. The first kappa shape index (κ1) is 19.6. The predicted octanol–water partition coefficient (Wildman–Crippen LogP) is -1.06. The lowest BCUT2D eigenvalue weighted by molar-refractivity contribution is -0.265. The zero-order chi connectivity index (χ0) is 19.7. The molecule has 2 aromatic rings. The monoisotopic (exact) mass is 379 g/mol. The molecule has 1 saturated heterocycles. The Morgan fingerprint density at radius 1 is 1.26 bits per heavy atom. The quantitative estimate of drug-likeness (QED) is 0.431. The van der Waals surface area contributed by atoms with E-state index >= 15 is 0 Å². The number of aromatic amines is 1. The second-order valence-corrected chi connectivity index (χ2v) is 6.96. The molecule has 1 aromatic carbocycles. The van der Waals surface area contributed by atoms with Gasteiger partial charge in [0.25, 0.3) is 0 Å². The summed E-state index contributed by atoms with van der Waals surface area (Å²) in [6, 6.07) is 5.38. The Labute approximate surface area is 156 Å². The number of primary amides is 1. The molecule has 6 N–H and O–H groups in total. The minimum Gasteiger partial charge on any atom is -0.461 e. The maximum atomic E-state index is 11.5. The van der Waals surface area contributed by atoms with E-state index in [-0.39, 0.29) is 0 Å². The molecule has 1 aliphatic rings. The number of hydrogen-bond acceptors (Lipinski definition) is 7. The number of aliphatic hydroxyl groups is 3. The average molecular weight is 379 g/mol. The van der Waals surface area contributed by atoms with Crippen LogP contribution in [0, 0.1) is 0 Å². The second-order valence-electron chi connectivity index (χ2n) is 6.96. The molecule has 1 aromatic heterocycles. The normalized spacial score (nSPS) is 28.6. The molecule has 2 heterocycles. The molecule has 0 bridgehead atoms. The Balaban J connectivity index is 1.89. The van der Waals surface area contributed by atoms with Crippen molar-refractivity contribution in [1.29, 1.82) is 0 Å². The van der Waals surface area contributed by atoms with Gasteiger partial charge in [-0.25, -0.2) is 0 Å². The fourth-order valence-electron chi connectivity index (χ4n) is 3.16. The SMILES string of the molecule is CN(C)CCc1c[nH]c2cccc(O[C@@H]3O[C@H](C(N)=O)[C@@H](O)[C@H](O)[C@H]3O)c12. The number of benzene rings is 1. The van der Waals surface area contributed by atoms with E-state index in [1.807, 2.05) is 26.4 Å². The van der Waals surface area contributed by atoms with Crippen LogP contribution in [0.3, 0.4) is 0 Å². The molecule has 0 radical (unpaired) electrons. The third-order valence-corrected chi connectivity index (χ3v) is 4.67. The van der Waals surface area contributed by atoms with Gasteiger partial charge in [0.2, 0.25) is 12.2 Å². The van der Waals surface area contributed by atoms with Crippen molar-refractivity contribution in [2.45, 2.75) is 37.1 Å². The number of carbonyl (C=O) groups excluding carboxylic acids is 1. The lowest BCUT2D eigenvalue weighted by Gasteiger charge is -2.39. The summed E-state index contributed by atoms with van der Waals surface area (Å²) >= 11 is 0. The summed E-state index contributed by atoms with van der Waals surface area (Å²) in [6.07, 6.45) is -4.97. The van der Waals surface area contributed by atoms with Gasteiger partial charge >= 0.3 is 0 Å². The summed E-state index contributed by atoms with van der Waals surface area (Å²) in [5.74, 6) is -0.521. The van der Waals surface area contributed by atoms with E-state index in [1.54, 1.807) is 12.1 Å². The van der Waals surface area contributed by atoms with E-state index in [2.05, 4.69) is 9.88 Å². The number of aliphatic hydroxyl groups excluding tert-OH is 3. The highest BCUT2D eigenvalue weighted by Gasteiger charge is 2.47. The van der Waals surface area contributed by atoms with Crippen molar-refractivity contribution in [2.24, 2.45) is 5.73 Å². The maximum Gasteiger partial charge on any atom is 0.249 e. The standard InChI is InChI=1S/C18H25N3O6/c1-21(2)7-6-9-8-20-10-4-3-5-11(12(9)10)26-18-15(24)13(22)14(23)16(27-18)17(19)25/h3-5,8,13-16,18,20,22-24H,6-7H2,1-2H3,(H2,19,25)/t13-,14-,15+,16-,18+/m0/s1. The van der Waals surface area contributed by atoms with Gasteiger partial charge in [-0.1, -0.05) is 6.07 Å². The first-order chi connectivity index (χ1) is 12.8. The molecule has 1 fully saturated rings. The zero-order valence-corrected chi connectivity index (χ0v) is 15.2. The molecule has 0 aliphatic carbocycles. The number of H-pyrrole nitrogens is 1. The lowest BCUT2D eigenvalue weighted by Crippen LogP contribution is -2.62. The van der Waals surface area contributed by atoms with Gasteiger partial charge in [-0.2, -0.15) is 0 Å². The molecule has 148 valence electrons. The van der Waals surface area contributed by atoms with Crippen LogP contribution in [0.5, 0.6) is 5.75 Å². The minimum atomic E-state index is -1.63. The first-order valence-electron chi connectivity index (χ1n) is 8.69. The van der Waals surface area contributed by atoms with E-state index < -0.39 is 36.6 Å². The fraction of sp³-hybridized carbons (Fsp3) is 0.500. The van der Waals surface area contributed by atoms with E-state index in [4.69, 9.17) is 15.2 Å². The molecule has 0 spiro atoms. The van der Waals surface area contributed by atoms with Crippen molar-refractivity contribution in [3.63, 3.8) is 0 Å². The third kappa shape index (κ3) is 3.92. The van der Waals surface area contributed by atoms with Gasteiger partial charge in [-0.15, -0.1) is 0 Å². The summed E-state index contributed by atoms with van der Waals surface area (Å²) in [6.45, 7) is 0.832. The Kier molecular flexibility index (Phi) is 5.68. The molecule has 5 atom stereocenters. The van der Waals surface area contributed by atoms with E-state index in [9.17, 15) is 20.1 Å². The number of fused-ring (bicyclic) bond motifs is 1. The Morgan fingerprint density at radius 2 is 2.00 bits per heavy atom. The molecule has 1 aliphatic heterocycles. The number of amides is 1. The second kappa shape index (κ2) is 7.83.